The Morgan fingerprint density at radius 2 is 1.81 bits per heavy atom. The summed E-state index contributed by atoms with van der Waals surface area (Å²) in [6, 6.07) is 10.6. The van der Waals surface area contributed by atoms with E-state index >= 15 is 0 Å². The summed E-state index contributed by atoms with van der Waals surface area (Å²) in [5.41, 5.74) is 0.825. The molecular weight excluding hydrogens is 208 g/mol. The highest BCUT2D eigenvalue weighted by molar-refractivity contribution is 6.01. The van der Waals surface area contributed by atoms with Crippen LogP contribution >= 0.6 is 0 Å². The number of rotatable bonds is 0. The molecule has 78 valence electrons. The van der Waals surface area contributed by atoms with Gasteiger partial charge in [-0.05, 0) is 24.4 Å². The molecule has 4 nitrogen and oxygen atoms in total. The predicted octanol–water partition coefficient (Wildman–Crippen LogP) is 2.05. The van der Waals surface area contributed by atoms with Crippen LogP contribution in [0.2, 0.25) is 0 Å². The smallest absolute Gasteiger partial charge is 0.293 e. The Balaban J connectivity index is 2.73. The van der Waals surface area contributed by atoms with Gasteiger partial charge in [-0.2, -0.15) is 0 Å². The third kappa shape index (κ3) is 1.10. The number of fused-ring (bicyclic) bond motifs is 3. The Morgan fingerprint density at radius 3 is 2.69 bits per heavy atom. The Labute approximate surface area is 90.5 Å². The van der Waals surface area contributed by atoms with Crippen LogP contribution in [0.1, 0.15) is 0 Å². The van der Waals surface area contributed by atoms with E-state index in [0.717, 1.165) is 19.9 Å². The van der Waals surface area contributed by atoms with E-state index in [2.05, 4.69) is 0 Å². The van der Waals surface area contributed by atoms with Crippen molar-refractivity contribution in [3.8, 4) is 0 Å². The summed E-state index contributed by atoms with van der Waals surface area (Å²) in [6.45, 7) is 0. The van der Waals surface area contributed by atoms with Gasteiger partial charge in [-0.1, -0.05) is 12.1 Å². The maximum atomic E-state index is 11.7. The molecule has 0 saturated heterocycles. The molecule has 0 amide bonds. The van der Waals surface area contributed by atoms with Gasteiger partial charge in [0.15, 0.2) is 0 Å². The molecule has 0 atom stereocenters. The number of nitrogens with zero attached hydrogens (tertiary/aromatic N) is 2. The third-order valence-electron chi connectivity index (χ3n) is 2.65. The summed E-state index contributed by atoms with van der Waals surface area (Å²) in [5.74, 6) is 0. The molecular formula is C12H8N2O2. The first-order valence-electron chi connectivity index (χ1n) is 4.90. The number of hydrogen-bond acceptors (Lipinski definition) is 2. The highest BCUT2D eigenvalue weighted by Gasteiger charge is 2.11. The molecule has 1 aromatic carbocycles. The van der Waals surface area contributed by atoms with Gasteiger partial charge in [-0.25, -0.2) is 0 Å². The lowest BCUT2D eigenvalue weighted by atomic mass is 10.1. The zero-order valence-electron chi connectivity index (χ0n) is 8.33. The second-order valence-corrected chi connectivity index (χ2v) is 3.61. The van der Waals surface area contributed by atoms with Crippen LogP contribution in [0.25, 0.3) is 21.8 Å². The van der Waals surface area contributed by atoms with Crippen molar-refractivity contribution < 1.29 is 4.43 Å². The summed E-state index contributed by atoms with van der Waals surface area (Å²) in [6.07, 6.45) is 2.80. The van der Waals surface area contributed by atoms with Crippen molar-refractivity contribution in [3.63, 3.8) is 0 Å². The molecule has 0 aliphatic heterocycles. The summed E-state index contributed by atoms with van der Waals surface area (Å²) < 4.78 is 1.46. The van der Waals surface area contributed by atoms with Crippen molar-refractivity contribution in [3.05, 3.63) is 58.9 Å². The van der Waals surface area contributed by atoms with Crippen LogP contribution in [-0.2, 0) is 0 Å². The molecule has 4 heteroatoms. The average Bonchev–Trinajstić information content (AvgIpc) is 2.29. The van der Waals surface area contributed by atoms with Gasteiger partial charge in [-0.3, -0.25) is 0 Å². The lowest BCUT2D eigenvalue weighted by molar-refractivity contribution is -0.462. The molecule has 2 aromatic heterocycles. The maximum absolute atomic E-state index is 11.7. The lowest BCUT2D eigenvalue weighted by Gasteiger charge is -2.12. The molecule has 3 rings (SSSR count). The van der Waals surface area contributed by atoms with Gasteiger partial charge in [0.05, 0.1) is 9.81 Å². The van der Waals surface area contributed by atoms with Gasteiger partial charge in [0.25, 0.3) is 5.52 Å². The molecule has 0 aliphatic rings. The average molecular weight is 216 g/mol. The minimum absolute atomic E-state index is 0.413. The molecule has 0 saturated carbocycles. The van der Waals surface area contributed by atoms with Crippen molar-refractivity contribution in [2.75, 3.05) is 0 Å². The molecule has 0 aliphatic carbocycles. The largest absolute Gasteiger partial charge is 0.805 e. The van der Waals surface area contributed by atoms with E-state index < -0.39 is 0 Å². The SMILES string of the molecule is [18O]=[n+]1cccc2ccc3cccn([18O-])c3c21. The van der Waals surface area contributed by atoms with Crippen molar-refractivity contribution in [1.29, 1.82) is 0 Å². The molecule has 0 N–H and O–H groups in total. The highest BCUT2D eigenvalue weighted by atomic mass is 18.2. The van der Waals surface area contributed by atoms with Crippen LogP contribution < -0.4 is 4.43 Å². The standard InChI is InChI=1S/C12H8N2O2/c15-13-7-1-3-9-5-6-10-4-2-8-14(16)12(10)11(9)13/h1-8H/i15+2,16+2. The summed E-state index contributed by atoms with van der Waals surface area (Å²) in [5, 5.41) is 13.2. The van der Waals surface area contributed by atoms with E-state index in [1.54, 1.807) is 12.1 Å². The quantitative estimate of drug-likeness (QED) is 0.328. The first kappa shape index (κ1) is 8.91. The van der Waals surface area contributed by atoms with Gasteiger partial charge >= 0.3 is 0 Å². The second kappa shape index (κ2) is 3.06. The minimum atomic E-state index is 0.413. The van der Waals surface area contributed by atoms with Crippen molar-refractivity contribution in [1.82, 2.24) is 4.73 Å². The number of benzene rings is 1. The second-order valence-electron chi connectivity index (χ2n) is 3.61. The Morgan fingerprint density at radius 1 is 1.06 bits per heavy atom. The number of hydrogen-bond donors (Lipinski definition) is 0. The zero-order valence-corrected chi connectivity index (χ0v) is 8.33. The lowest BCUT2D eigenvalue weighted by Crippen LogP contribution is -2.14. The Kier molecular flexibility index (Phi) is 1.71. The van der Waals surface area contributed by atoms with Crippen LogP contribution in [-0.4, -0.2) is 4.73 Å². The van der Waals surface area contributed by atoms with E-state index in [9.17, 15) is 10.1 Å². The van der Waals surface area contributed by atoms with Crippen molar-refractivity contribution in [2.45, 2.75) is 0 Å². The van der Waals surface area contributed by atoms with Crippen LogP contribution in [0, 0.1) is 10.1 Å². The molecule has 0 unspecified atom stereocenters. The Bertz CT molecular complexity index is 747. The van der Waals surface area contributed by atoms with Crippen LogP contribution in [0.4, 0.5) is 0 Å². The predicted molar refractivity (Wildman–Crippen MR) is 61.6 cm³/mol. The monoisotopic (exact) mass is 216 g/mol. The number of aromatic nitrogens is 2. The van der Waals surface area contributed by atoms with E-state index in [1.807, 2.05) is 24.3 Å². The molecule has 3 aromatic rings. The fourth-order valence-corrected chi connectivity index (χ4v) is 1.94. The summed E-state index contributed by atoms with van der Waals surface area (Å²) in [4.78, 5) is 11.7. The normalized spacial score (nSPS) is 11.0. The van der Waals surface area contributed by atoms with E-state index in [-0.39, 0.29) is 0 Å². The van der Waals surface area contributed by atoms with Crippen molar-refractivity contribution in [2.24, 2.45) is 0 Å². The minimum Gasteiger partial charge on any atom is -0.805 e. The Hall–Kier alpha value is -2.36. The van der Waals surface area contributed by atoms with Crippen LogP contribution in [0.3, 0.4) is 0 Å². The van der Waals surface area contributed by atoms with Crippen molar-refractivity contribution >= 4 is 21.8 Å². The first-order chi connectivity index (χ1) is 7.77. The van der Waals surface area contributed by atoms with Gasteiger partial charge in [0.1, 0.15) is 5.52 Å². The van der Waals surface area contributed by atoms with E-state index in [1.165, 1.54) is 12.4 Å². The summed E-state index contributed by atoms with van der Waals surface area (Å²) >= 11 is 0. The van der Waals surface area contributed by atoms with Gasteiger partial charge in [0.2, 0.25) is 6.20 Å². The fraction of sp³-hybridized carbons (Fsp3) is 0. The van der Waals surface area contributed by atoms with Gasteiger partial charge in [-0.15, -0.1) is 0 Å². The molecule has 2 heterocycles. The first-order valence-corrected chi connectivity index (χ1v) is 4.90. The molecule has 16 heavy (non-hydrogen) atoms. The molecule has 0 spiro atoms. The zero-order chi connectivity index (χ0) is 11.1. The number of pyridine rings is 2. The van der Waals surface area contributed by atoms with Gasteiger partial charge < -0.3 is 9.94 Å². The summed E-state index contributed by atoms with van der Waals surface area (Å²) in [7, 11) is 0. The highest BCUT2D eigenvalue weighted by Crippen LogP contribution is 2.21. The third-order valence-corrected chi connectivity index (χ3v) is 2.65. The molecule has 0 bridgehead atoms. The topological polar surface area (TPSA) is 51.0 Å². The maximum Gasteiger partial charge on any atom is 0.293 e. The van der Waals surface area contributed by atoms with Crippen LogP contribution in [0.15, 0.2) is 48.8 Å². The van der Waals surface area contributed by atoms with E-state index in [0.29, 0.717) is 11.0 Å². The van der Waals surface area contributed by atoms with Gasteiger partial charge in [0, 0.05) is 16.4 Å². The van der Waals surface area contributed by atoms with E-state index in [4.69, 9.17) is 0 Å². The van der Waals surface area contributed by atoms with Crippen LogP contribution in [0.5, 0.6) is 0 Å². The molecule has 0 fully saturated rings. The molecule has 0 radical (unpaired) electrons. The fourth-order valence-electron chi connectivity index (χ4n) is 1.94.